The Morgan fingerprint density at radius 2 is 2.12 bits per heavy atom. The Balaban J connectivity index is 2.35. The molecule has 0 spiro atoms. The van der Waals surface area contributed by atoms with Crippen LogP contribution in [0.1, 0.15) is 31.4 Å². The van der Waals surface area contributed by atoms with Gasteiger partial charge < -0.3 is 19.6 Å². The molecule has 2 rings (SSSR count). The fourth-order valence-corrected chi connectivity index (χ4v) is 3.06. The third-order valence-corrected chi connectivity index (χ3v) is 5.07. The van der Waals surface area contributed by atoms with Crippen LogP contribution in [0.4, 0.5) is 0 Å². The highest BCUT2D eigenvalue weighted by Gasteiger charge is 2.20. The van der Waals surface area contributed by atoms with Gasteiger partial charge in [0, 0.05) is 11.5 Å². The van der Waals surface area contributed by atoms with Crippen LogP contribution in [-0.4, -0.2) is 30.8 Å². The van der Waals surface area contributed by atoms with Gasteiger partial charge in [-0.05, 0) is 24.5 Å². The predicted octanol–water partition coefficient (Wildman–Crippen LogP) is 2.83. The minimum Gasteiger partial charge on any atom is -0.495 e. The van der Waals surface area contributed by atoms with Crippen molar-refractivity contribution in [3.63, 3.8) is 0 Å². The van der Waals surface area contributed by atoms with E-state index in [1.54, 1.807) is 19.1 Å². The number of methoxy groups -OCH3 is 1. The van der Waals surface area contributed by atoms with Crippen LogP contribution in [0.25, 0.3) is 11.0 Å². The molecule has 6 nitrogen and oxygen atoms in total. The number of hydrogen-bond donors (Lipinski definition) is 2. The molecule has 2 aromatic rings. The van der Waals surface area contributed by atoms with E-state index < -0.39 is 5.63 Å². The van der Waals surface area contributed by atoms with E-state index in [4.69, 9.17) is 20.8 Å². The number of fused-ring (bicyclic) bond motifs is 1. The molecule has 1 heterocycles. The lowest BCUT2D eigenvalue weighted by Gasteiger charge is -2.22. The number of aliphatic hydroxyl groups is 1. The van der Waals surface area contributed by atoms with Crippen LogP contribution in [0.3, 0.4) is 0 Å². The van der Waals surface area contributed by atoms with E-state index in [0.717, 1.165) is 6.42 Å². The van der Waals surface area contributed by atoms with E-state index in [0.29, 0.717) is 27.3 Å². The summed E-state index contributed by atoms with van der Waals surface area (Å²) in [6.45, 7) is 5.54. The average Bonchev–Trinajstić information content (AvgIpc) is 2.62. The van der Waals surface area contributed by atoms with Gasteiger partial charge in [0.25, 0.3) is 0 Å². The summed E-state index contributed by atoms with van der Waals surface area (Å²) in [5, 5.41) is 13.3. The smallest absolute Gasteiger partial charge is 0.340 e. The lowest BCUT2D eigenvalue weighted by atomic mass is 9.99. The summed E-state index contributed by atoms with van der Waals surface area (Å²) in [6, 6.07) is 2.87. The van der Waals surface area contributed by atoms with Gasteiger partial charge in [-0.15, -0.1) is 0 Å². The van der Waals surface area contributed by atoms with Gasteiger partial charge >= 0.3 is 5.63 Å². The van der Waals surface area contributed by atoms with Crippen LogP contribution in [0.2, 0.25) is 5.02 Å². The van der Waals surface area contributed by atoms with Gasteiger partial charge in [-0.2, -0.15) is 0 Å². The largest absolute Gasteiger partial charge is 0.495 e. The van der Waals surface area contributed by atoms with Crippen LogP contribution in [0, 0.1) is 12.8 Å². The number of rotatable bonds is 7. The van der Waals surface area contributed by atoms with Crippen molar-refractivity contribution in [1.29, 1.82) is 0 Å². The summed E-state index contributed by atoms with van der Waals surface area (Å²) in [4.78, 5) is 24.7. The van der Waals surface area contributed by atoms with Gasteiger partial charge in [0.15, 0.2) is 0 Å². The van der Waals surface area contributed by atoms with Crippen molar-refractivity contribution in [2.45, 2.75) is 39.7 Å². The first-order valence-electron chi connectivity index (χ1n) is 8.52. The molecule has 0 saturated heterocycles. The lowest BCUT2D eigenvalue weighted by Crippen LogP contribution is -2.43. The maximum atomic E-state index is 12.4. The number of amides is 1. The maximum absolute atomic E-state index is 12.4. The van der Waals surface area contributed by atoms with E-state index in [9.17, 15) is 14.7 Å². The Hall–Kier alpha value is -2.05. The van der Waals surface area contributed by atoms with Gasteiger partial charge in [0.05, 0.1) is 36.8 Å². The highest BCUT2D eigenvalue weighted by Crippen LogP contribution is 2.31. The van der Waals surface area contributed by atoms with E-state index in [1.165, 1.54) is 7.11 Å². The lowest BCUT2D eigenvalue weighted by molar-refractivity contribution is -0.121. The fraction of sp³-hybridized carbons (Fsp3) is 0.474. The summed E-state index contributed by atoms with van der Waals surface area (Å²) in [7, 11) is 1.48. The molecule has 0 radical (unpaired) electrons. The number of aryl methyl sites for hydroxylation is 1. The fourth-order valence-electron chi connectivity index (χ4n) is 2.82. The molecule has 2 unspecified atom stereocenters. The van der Waals surface area contributed by atoms with Crippen LogP contribution < -0.4 is 15.7 Å². The molecule has 0 aliphatic rings. The molecule has 0 bridgehead atoms. The molecule has 0 saturated carbocycles. The minimum atomic E-state index is -0.571. The van der Waals surface area contributed by atoms with Crippen molar-refractivity contribution in [1.82, 2.24) is 5.32 Å². The SMILES string of the molecule is CCC(C)C(CO)NC(=O)Cc1c(C)c2cc(Cl)c(OC)cc2oc1=O. The maximum Gasteiger partial charge on any atom is 0.340 e. The Labute approximate surface area is 157 Å². The van der Waals surface area contributed by atoms with Crippen LogP contribution >= 0.6 is 11.6 Å². The van der Waals surface area contributed by atoms with Crippen LogP contribution in [-0.2, 0) is 11.2 Å². The van der Waals surface area contributed by atoms with E-state index in [1.807, 2.05) is 13.8 Å². The molecule has 2 N–H and O–H groups in total. The molecule has 1 aromatic heterocycles. The van der Waals surface area contributed by atoms with Crippen LogP contribution in [0.5, 0.6) is 5.75 Å². The molecule has 142 valence electrons. The monoisotopic (exact) mass is 381 g/mol. The number of hydrogen-bond acceptors (Lipinski definition) is 5. The molecule has 0 fully saturated rings. The van der Waals surface area contributed by atoms with Crippen molar-refractivity contribution in [3.8, 4) is 5.75 Å². The Morgan fingerprint density at radius 3 is 2.69 bits per heavy atom. The number of benzene rings is 1. The minimum absolute atomic E-state index is 0.124. The van der Waals surface area contributed by atoms with E-state index in [-0.39, 0.29) is 36.5 Å². The van der Waals surface area contributed by atoms with Crippen molar-refractivity contribution < 1.29 is 19.1 Å². The first-order valence-corrected chi connectivity index (χ1v) is 8.90. The predicted molar refractivity (Wildman–Crippen MR) is 101 cm³/mol. The molecular formula is C19H24ClNO5. The van der Waals surface area contributed by atoms with Gasteiger partial charge in [-0.3, -0.25) is 4.79 Å². The van der Waals surface area contributed by atoms with Gasteiger partial charge in [0.1, 0.15) is 11.3 Å². The number of halogens is 1. The second-order valence-corrected chi connectivity index (χ2v) is 6.80. The molecule has 2 atom stereocenters. The number of carbonyl (C=O) groups excluding carboxylic acids is 1. The van der Waals surface area contributed by atoms with Gasteiger partial charge in [-0.25, -0.2) is 4.79 Å². The molecule has 0 aliphatic carbocycles. The number of carbonyl (C=O) groups is 1. The first-order chi connectivity index (χ1) is 12.3. The zero-order chi connectivity index (χ0) is 19.4. The Kier molecular flexibility index (Phi) is 6.67. The quantitative estimate of drug-likeness (QED) is 0.720. The van der Waals surface area contributed by atoms with E-state index >= 15 is 0 Å². The summed E-state index contributed by atoms with van der Waals surface area (Å²) < 4.78 is 10.5. The third-order valence-electron chi connectivity index (χ3n) is 4.77. The van der Waals surface area contributed by atoms with Crippen molar-refractivity contribution >= 4 is 28.5 Å². The number of ether oxygens (including phenoxy) is 1. The van der Waals surface area contributed by atoms with Crippen LogP contribution in [0.15, 0.2) is 21.3 Å². The Morgan fingerprint density at radius 1 is 1.42 bits per heavy atom. The normalized spacial score (nSPS) is 13.5. The molecule has 7 heteroatoms. The zero-order valence-corrected chi connectivity index (χ0v) is 16.1. The van der Waals surface area contributed by atoms with E-state index in [2.05, 4.69) is 5.32 Å². The topological polar surface area (TPSA) is 88.8 Å². The molecular weight excluding hydrogens is 358 g/mol. The first kappa shape index (κ1) is 20.3. The highest BCUT2D eigenvalue weighted by atomic mass is 35.5. The standard InChI is InChI=1S/C19H24ClNO5/c1-5-10(2)15(9-22)21-18(23)7-13-11(3)12-6-14(20)17(25-4)8-16(12)26-19(13)24/h6,8,10,15,22H,5,7,9H2,1-4H3,(H,21,23). The van der Waals surface area contributed by atoms with Crippen molar-refractivity contribution in [2.24, 2.45) is 5.92 Å². The summed E-state index contributed by atoms with van der Waals surface area (Å²) in [6.07, 6.45) is 0.698. The van der Waals surface area contributed by atoms with Crippen molar-refractivity contribution in [3.05, 3.63) is 38.7 Å². The molecule has 1 aromatic carbocycles. The summed E-state index contributed by atoms with van der Waals surface area (Å²) >= 11 is 6.16. The van der Waals surface area contributed by atoms with Gasteiger partial charge in [0.2, 0.25) is 5.91 Å². The molecule has 1 amide bonds. The molecule has 26 heavy (non-hydrogen) atoms. The zero-order valence-electron chi connectivity index (χ0n) is 15.4. The summed E-state index contributed by atoms with van der Waals surface area (Å²) in [5.74, 6) is 0.203. The highest BCUT2D eigenvalue weighted by molar-refractivity contribution is 6.32. The Bertz CT molecular complexity index is 861. The second kappa shape index (κ2) is 8.56. The van der Waals surface area contributed by atoms with Crippen molar-refractivity contribution in [2.75, 3.05) is 13.7 Å². The third kappa shape index (κ3) is 4.19. The second-order valence-electron chi connectivity index (χ2n) is 6.39. The average molecular weight is 382 g/mol. The molecule has 0 aliphatic heterocycles. The summed E-state index contributed by atoms with van der Waals surface area (Å²) in [5.41, 5.74) is 0.696. The van der Waals surface area contributed by atoms with Gasteiger partial charge in [-0.1, -0.05) is 31.9 Å². The number of aliphatic hydroxyl groups excluding tert-OH is 1. The number of nitrogens with one attached hydrogen (secondary N) is 1.